The summed E-state index contributed by atoms with van der Waals surface area (Å²) < 4.78 is 1.84. The first kappa shape index (κ1) is 18.8. The van der Waals surface area contributed by atoms with Gasteiger partial charge in [0.05, 0.1) is 29.4 Å². The zero-order valence-corrected chi connectivity index (χ0v) is 16.6. The first-order valence-corrected chi connectivity index (χ1v) is 9.81. The van der Waals surface area contributed by atoms with Gasteiger partial charge in [0.25, 0.3) is 5.91 Å². The lowest BCUT2D eigenvalue weighted by molar-refractivity contribution is 0.0775. The molecule has 0 saturated heterocycles. The molecule has 0 saturated carbocycles. The van der Waals surface area contributed by atoms with Crippen LogP contribution in [0.3, 0.4) is 0 Å². The van der Waals surface area contributed by atoms with Gasteiger partial charge in [0.1, 0.15) is 0 Å². The second-order valence-electron chi connectivity index (χ2n) is 6.79. The number of pyridine rings is 2. The number of benzene rings is 1. The number of aromatic nitrogens is 4. The lowest BCUT2D eigenvalue weighted by Gasteiger charge is -2.19. The number of carbonyl (C=O) groups is 1. The van der Waals surface area contributed by atoms with Crippen molar-refractivity contribution in [3.63, 3.8) is 0 Å². The molecule has 3 heterocycles. The summed E-state index contributed by atoms with van der Waals surface area (Å²) in [7, 11) is 0. The van der Waals surface area contributed by atoms with Gasteiger partial charge in [-0.2, -0.15) is 5.10 Å². The van der Waals surface area contributed by atoms with Crippen LogP contribution in [0.1, 0.15) is 29.8 Å². The average molecular weight is 385 g/mol. The highest BCUT2D eigenvalue weighted by Gasteiger charge is 2.20. The van der Waals surface area contributed by atoms with Crippen LogP contribution in [0, 0.1) is 0 Å². The molecule has 0 unspecified atom stereocenters. The van der Waals surface area contributed by atoms with Crippen molar-refractivity contribution < 1.29 is 4.79 Å². The van der Waals surface area contributed by atoms with Gasteiger partial charge in [0, 0.05) is 31.0 Å². The maximum Gasteiger partial charge on any atom is 0.254 e. The van der Waals surface area contributed by atoms with Crippen LogP contribution in [0.5, 0.6) is 0 Å². The molecule has 0 fully saturated rings. The van der Waals surface area contributed by atoms with E-state index in [-0.39, 0.29) is 5.91 Å². The van der Waals surface area contributed by atoms with Crippen LogP contribution in [0.4, 0.5) is 0 Å². The maximum absolute atomic E-state index is 13.2. The van der Waals surface area contributed by atoms with E-state index in [1.54, 1.807) is 18.6 Å². The first-order valence-electron chi connectivity index (χ1n) is 9.81. The van der Waals surface area contributed by atoms with Crippen molar-refractivity contribution in [3.05, 3.63) is 78.2 Å². The molecule has 0 spiro atoms. The van der Waals surface area contributed by atoms with Gasteiger partial charge in [0.2, 0.25) is 0 Å². The Morgan fingerprint density at radius 1 is 1.03 bits per heavy atom. The zero-order valence-electron chi connectivity index (χ0n) is 16.6. The van der Waals surface area contributed by atoms with Gasteiger partial charge in [-0.3, -0.25) is 9.78 Å². The molecule has 0 bridgehead atoms. The van der Waals surface area contributed by atoms with Gasteiger partial charge in [-0.25, -0.2) is 9.67 Å². The normalized spacial score (nSPS) is 11.0. The Balaban J connectivity index is 1.88. The summed E-state index contributed by atoms with van der Waals surface area (Å²) in [4.78, 5) is 24.0. The molecule has 0 N–H and O–H groups in total. The van der Waals surface area contributed by atoms with Gasteiger partial charge in [0.15, 0.2) is 5.65 Å². The van der Waals surface area contributed by atoms with Crippen molar-refractivity contribution in [2.24, 2.45) is 0 Å². The van der Waals surface area contributed by atoms with Gasteiger partial charge in [-0.05, 0) is 37.6 Å². The minimum atomic E-state index is 0.00282. The van der Waals surface area contributed by atoms with Crippen molar-refractivity contribution in [3.8, 4) is 11.3 Å². The SMILES string of the molecule is CCN(CC)C(=O)c1cc(-c2ccccc2)nc2c1cnn2Cc1ccncc1. The van der Waals surface area contributed by atoms with E-state index in [9.17, 15) is 4.79 Å². The van der Waals surface area contributed by atoms with Gasteiger partial charge in [-0.1, -0.05) is 30.3 Å². The molecule has 6 nitrogen and oxygen atoms in total. The molecule has 3 aromatic heterocycles. The molecule has 4 aromatic rings. The molecule has 0 atom stereocenters. The van der Waals surface area contributed by atoms with Crippen LogP contribution in [-0.2, 0) is 6.54 Å². The van der Waals surface area contributed by atoms with Crippen molar-refractivity contribution in [2.45, 2.75) is 20.4 Å². The monoisotopic (exact) mass is 385 g/mol. The number of hydrogen-bond acceptors (Lipinski definition) is 4. The van der Waals surface area contributed by atoms with Crippen LogP contribution in [0.2, 0.25) is 0 Å². The van der Waals surface area contributed by atoms with Crippen molar-refractivity contribution >= 4 is 16.9 Å². The highest BCUT2D eigenvalue weighted by molar-refractivity contribution is 6.06. The minimum absolute atomic E-state index is 0.00282. The molecule has 1 amide bonds. The molecule has 4 rings (SSSR count). The molecule has 29 heavy (non-hydrogen) atoms. The fourth-order valence-electron chi connectivity index (χ4n) is 3.44. The third-order valence-corrected chi connectivity index (χ3v) is 5.04. The Morgan fingerprint density at radius 3 is 2.45 bits per heavy atom. The number of rotatable bonds is 6. The topological polar surface area (TPSA) is 63.9 Å². The smallest absolute Gasteiger partial charge is 0.254 e. The summed E-state index contributed by atoms with van der Waals surface area (Å²) in [6.07, 6.45) is 5.27. The van der Waals surface area contributed by atoms with E-state index >= 15 is 0 Å². The lowest BCUT2D eigenvalue weighted by Crippen LogP contribution is -2.30. The van der Waals surface area contributed by atoms with Crippen molar-refractivity contribution in [1.82, 2.24) is 24.6 Å². The summed E-state index contributed by atoms with van der Waals surface area (Å²) in [5.74, 6) is 0.00282. The highest BCUT2D eigenvalue weighted by atomic mass is 16.2. The van der Waals surface area contributed by atoms with Gasteiger partial charge < -0.3 is 4.90 Å². The van der Waals surface area contributed by atoms with Gasteiger partial charge in [-0.15, -0.1) is 0 Å². The van der Waals surface area contributed by atoms with E-state index in [0.29, 0.717) is 30.8 Å². The van der Waals surface area contributed by atoms with E-state index in [2.05, 4.69) is 10.1 Å². The summed E-state index contributed by atoms with van der Waals surface area (Å²) in [5.41, 5.74) is 4.16. The molecular weight excluding hydrogens is 362 g/mol. The molecule has 1 aromatic carbocycles. The standard InChI is InChI=1S/C23H23N5O/c1-3-27(4-2)23(29)19-14-21(18-8-6-5-7-9-18)26-22-20(19)15-25-28(22)16-17-10-12-24-13-11-17/h5-15H,3-4,16H2,1-2H3. The second-order valence-corrected chi connectivity index (χ2v) is 6.79. The summed E-state index contributed by atoms with van der Waals surface area (Å²) >= 11 is 0. The Bertz CT molecular complexity index is 1120. The summed E-state index contributed by atoms with van der Waals surface area (Å²) in [6, 6.07) is 15.7. The summed E-state index contributed by atoms with van der Waals surface area (Å²) in [6.45, 7) is 5.86. The molecule has 146 valence electrons. The predicted molar refractivity (Wildman–Crippen MR) is 114 cm³/mol. The zero-order chi connectivity index (χ0) is 20.2. The lowest BCUT2D eigenvalue weighted by atomic mass is 10.1. The molecule has 0 aliphatic carbocycles. The fourth-order valence-corrected chi connectivity index (χ4v) is 3.44. The first-order chi connectivity index (χ1) is 14.2. The largest absolute Gasteiger partial charge is 0.339 e. The van der Waals surface area contributed by atoms with E-state index in [1.807, 2.05) is 72.0 Å². The number of nitrogens with zero attached hydrogens (tertiary/aromatic N) is 5. The van der Waals surface area contributed by atoms with Crippen LogP contribution in [-0.4, -0.2) is 43.6 Å². The van der Waals surface area contributed by atoms with Gasteiger partial charge >= 0.3 is 0 Å². The number of carbonyl (C=O) groups excluding carboxylic acids is 1. The van der Waals surface area contributed by atoms with Crippen LogP contribution >= 0.6 is 0 Å². The predicted octanol–water partition coefficient (Wildman–Crippen LogP) is 4.02. The Kier molecular flexibility index (Phi) is 5.33. The number of fused-ring (bicyclic) bond motifs is 1. The molecule has 6 heteroatoms. The molecule has 0 radical (unpaired) electrons. The quantitative estimate of drug-likeness (QED) is 0.503. The Labute approximate surface area is 169 Å². The molecular formula is C23H23N5O. The number of amides is 1. The van der Waals surface area contributed by atoms with Crippen LogP contribution in [0.15, 0.2) is 67.1 Å². The summed E-state index contributed by atoms with van der Waals surface area (Å²) in [5, 5.41) is 5.32. The fraction of sp³-hybridized carbons (Fsp3) is 0.217. The Morgan fingerprint density at radius 2 is 1.76 bits per heavy atom. The van der Waals surface area contributed by atoms with E-state index in [1.165, 1.54) is 0 Å². The third-order valence-electron chi connectivity index (χ3n) is 5.04. The Hall–Kier alpha value is -3.54. The number of hydrogen-bond donors (Lipinski definition) is 0. The highest BCUT2D eigenvalue weighted by Crippen LogP contribution is 2.26. The minimum Gasteiger partial charge on any atom is -0.339 e. The van der Waals surface area contributed by atoms with E-state index in [0.717, 1.165) is 22.2 Å². The van der Waals surface area contributed by atoms with E-state index in [4.69, 9.17) is 4.98 Å². The molecule has 0 aliphatic heterocycles. The average Bonchev–Trinajstić information content (AvgIpc) is 3.18. The van der Waals surface area contributed by atoms with E-state index < -0.39 is 0 Å². The van der Waals surface area contributed by atoms with Crippen molar-refractivity contribution in [1.29, 1.82) is 0 Å². The van der Waals surface area contributed by atoms with Crippen LogP contribution in [0.25, 0.3) is 22.3 Å². The van der Waals surface area contributed by atoms with Crippen molar-refractivity contribution in [2.75, 3.05) is 13.1 Å². The third kappa shape index (κ3) is 3.74. The maximum atomic E-state index is 13.2. The van der Waals surface area contributed by atoms with Crippen LogP contribution < -0.4 is 0 Å². The second kappa shape index (κ2) is 8.22. The molecule has 0 aliphatic rings.